The molecule has 10 nitrogen and oxygen atoms in total. The molecular weight excluding hydrogens is 637 g/mol. The van der Waals surface area contributed by atoms with Crippen molar-refractivity contribution in [3.8, 4) is 0 Å². The van der Waals surface area contributed by atoms with Crippen molar-refractivity contribution >= 4 is 47.5 Å². The Bertz CT molecular complexity index is 1500. The zero-order chi connectivity index (χ0) is 31.1. The molecule has 2 aromatic carbocycles. The quantitative estimate of drug-likeness (QED) is 0.216. The Hall–Kier alpha value is -2.97. The molecule has 3 N–H and O–H groups in total. The maximum atomic E-state index is 16.1. The van der Waals surface area contributed by atoms with E-state index >= 15 is 4.11 Å². The van der Waals surface area contributed by atoms with Gasteiger partial charge < -0.3 is 29.3 Å². The SMILES string of the molecule is C[C@H](O)C(=O)Nc1ccc(CN2C(=O)[C@@]3(O[C@@H](CCn4cc(CCO)nn4)[C@H]([Si](C)(C)F)[C@H]3C)c3cc(Br)ccc32)cc1. The molecule has 0 aliphatic carbocycles. The number of anilines is 2. The third kappa shape index (κ3) is 6.05. The minimum Gasteiger partial charge on any atom is -0.396 e. The van der Waals surface area contributed by atoms with Crippen LogP contribution in [0.1, 0.15) is 37.1 Å². The molecule has 0 saturated carbocycles. The van der Waals surface area contributed by atoms with Gasteiger partial charge >= 0.3 is 0 Å². The molecule has 5 rings (SSSR count). The van der Waals surface area contributed by atoms with Gasteiger partial charge in [-0.25, -0.2) is 0 Å². The van der Waals surface area contributed by atoms with Crippen molar-refractivity contribution in [3.05, 3.63) is 70.0 Å². The van der Waals surface area contributed by atoms with Gasteiger partial charge in [-0.05, 0) is 62.3 Å². The van der Waals surface area contributed by atoms with Crippen molar-refractivity contribution in [2.45, 2.75) is 76.2 Å². The molecule has 13 heteroatoms. The van der Waals surface area contributed by atoms with Crippen LogP contribution in [0.5, 0.6) is 0 Å². The molecule has 230 valence electrons. The number of aryl methyl sites for hydroxylation is 1. The number of benzene rings is 2. The Morgan fingerprint density at radius 1 is 1.26 bits per heavy atom. The molecule has 1 spiro atoms. The second-order valence-corrected chi connectivity index (χ2v) is 16.6. The van der Waals surface area contributed by atoms with Gasteiger partial charge in [0.1, 0.15) is 6.10 Å². The summed E-state index contributed by atoms with van der Waals surface area (Å²) in [6, 6.07) is 12.8. The maximum absolute atomic E-state index is 16.1. The molecule has 3 aromatic rings. The van der Waals surface area contributed by atoms with Gasteiger partial charge in [0.05, 0.1) is 24.0 Å². The molecule has 0 radical (unpaired) electrons. The number of carbonyl (C=O) groups excluding carboxylic acids is 2. The van der Waals surface area contributed by atoms with Crippen LogP contribution in [0.3, 0.4) is 0 Å². The van der Waals surface area contributed by atoms with Gasteiger partial charge in [0.25, 0.3) is 11.8 Å². The van der Waals surface area contributed by atoms with Crippen LogP contribution in [0, 0.1) is 5.92 Å². The standard InChI is InChI=1S/C30H37BrFN5O5Si/c1-18-27(43(3,4)32)26(11-13-36-17-23(12-14-38)34-35-36)42-30(18)24-15-21(31)7-10-25(24)37(29(30)41)16-20-5-8-22(9-6-20)33-28(40)19(2)39/h5-10,15,17-19,26-27,38-39H,11-14,16H2,1-4H3,(H,33,40)/t18-,19+,26+,27-,30+/m1/s1. The summed E-state index contributed by atoms with van der Waals surface area (Å²) in [6.45, 7) is 7.35. The number of aromatic nitrogens is 3. The number of ether oxygens (including phenoxy) is 1. The van der Waals surface area contributed by atoms with Crippen LogP contribution < -0.4 is 10.2 Å². The molecule has 0 bridgehead atoms. The summed E-state index contributed by atoms with van der Waals surface area (Å²) in [7, 11) is -3.32. The third-order valence-corrected chi connectivity index (χ3v) is 11.4. The number of hydrogen-bond donors (Lipinski definition) is 3. The summed E-state index contributed by atoms with van der Waals surface area (Å²) in [4.78, 5) is 28.1. The fraction of sp³-hybridized carbons (Fsp3) is 0.467. The first kappa shape index (κ1) is 31.5. The van der Waals surface area contributed by atoms with Crippen molar-refractivity contribution in [1.29, 1.82) is 0 Å². The van der Waals surface area contributed by atoms with Gasteiger partial charge in [-0.15, -0.1) is 5.10 Å². The van der Waals surface area contributed by atoms with E-state index in [9.17, 15) is 19.8 Å². The first-order valence-electron chi connectivity index (χ1n) is 14.4. The number of fused-ring (bicyclic) bond motifs is 2. The topological polar surface area (TPSA) is 130 Å². The van der Waals surface area contributed by atoms with E-state index in [0.717, 1.165) is 15.6 Å². The summed E-state index contributed by atoms with van der Waals surface area (Å²) in [5.41, 5.74) is 1.69. The molecule has 1 aromatic heterocycles. The van der Waals surface area contributed by atoms with Gasteiger partial charge in [-0.3, -0.25) is 14.3 Å². The van der Waals surface area contributed by atoms with Crippen molar-refractivity contribution < 1.29 is 28.6 Å². The second kappa shape index (κ2) is 12.2. The molecule has 3 heterocycles. The number of rotatable bonds is 10. The van der Waals surface area contributed by atoms with Crippen LogP contribution in [0.25, 0.3) is 0 Å². The Labute approximate surface area is 259 Å². The lowest BCUT2D eigenvalue weighted by Gasteiger charge is -2.31. The highest BCUT2D eigenvalue weighted by atomic mass is 79.9. The predicted molar refractivity (Wildman–Crippen MR) is 166 cm³/mol. The normalized spacial score (nSPS) is 24.0. The lowest BCUT2D eigenvalue weighted by atomic mass is 9.82. The summed E-state index contributed by atoms with van der Waals surface area (Å²) in [5.74, 6) is -1.15. The molecule has 2 aliphatic rings. The average molecular weight is 675 g/mol. The number of amides is 2. The Morgan fingerprint density at radius 3 is 2.63 bits per heavy atom. The molecule has 0 unspecified atom stereocenters. The summed E-state index contributed by atoms with van der Waals surface area (Å²) in [5, 5.41) is 29.6. The van der Waals surface area contributed by atoms with Crippen LogP contribution in [0.2, 0.25) is 18.6 Å². The Kier molecular flexibility index (Phi) is 8.92. The van der Waals surface area contributed by atoms with Gasteiger partial charge in [0.2, 0.25) is 8.41 Å². The first-order valence-corrected chi connectivity index (χ1v) is 18.2. The van der Waals surface area contributed by atoms with E-state index in [1.54, 1.807) is 41.0 Å². The molecule has 43 heavy (non-hydrogen) atoms. The van der Waals surface area contributed by atoms with Crippen LogP contribution >= 0.6 is 15.9 Å². The van der Waals surface area contributed by atoms with Gasteiger partial charge in [0, 0.05) is 53.0 Å². The van der Waals surface area contributed by atoms with Crippen LogP contribution in [0.4, 0.5) is 15.5 Å². The maximum Gasteiger partial charge on any atom is 0.264 e. The van der Waals surface area contributed by atoms with Crippen molar-refractivity contribution in [1.82, 2.24) is 15.0 Å². The highest BCUT2D eigenvalue weighted by molar-refractivity contribution is 9.10. The van der Waals surface area contributed by atoms with Crippen molar-refractivity contribution in [3.63, 3.8) is 0 Å². The van der Waals surface area contributed by atoms with Crippen LogP contribution in [-0.4, -0.2) is 64.2 Å². The Balaban J connectivity index is 1.44. The van der Waals surface area contributed by atoms with E-state index in [4.69, 9.17) is 4.74 Å². The number of aliphatic hydroxyl groups excluding tert-OH is 2. The third-order valence-electron chi connectivity index (χ3n) is 8.46. The monoisotopic (exact) mass is 673 g/mol. The fourth-order valence-corrected chi connectivity index (χ4v) is 9.41. The number of halogens is 2. The van der Waals surface area contributed by atoms with E-state index in [0.29, 0.717) is 36.5 Å². The van der Waals surface area contributed by atoms with Crippen LogP contribution in [-0.2, 0) is 39.4 Å². The van der Waals surface area contributed by atoms with Crippen molar-refractivity contribution in [2.24, 2.45) is 5.92 Å². The zero-order valence-corrected chi connectivity index (χ0v) is 27.2. The van der Waals surface area contributed by atoms with E-state index in [2.05, 4.69) is 31.6 Å². The van der Waals surface area contributed by atoms with E-state index in [-0.39, 0.29) is 19.1 Å². The number of carbonyl (C=O) groups is 2. The summed E-state index contributed by atoms with van der Waals surface area (Å²) >= 11 is 3.57. The highest BCUT2D eigenvalue weighted by Gasteiger charge is 2.66. The molecule has 5 atom stereocenters. The number of hydrogen-bond acceptors (Lipinski definition) is 7. The number of nitrogens with zero attached hydrogens (tertiary/aromatic N) is 4. The second-order valence-electron chi connectivity index (χ2n) is 11.9. The van der Waals surface area contributed by atoms with E-state index in [1.165, 1.54) is 6.92 Å². The lowest BCUT2D eigenvalue weighted by molar-refractivity contribution is -0.146. The number of aliphatic hydroxyl groups is 2. The van der Waals surface area contributed by atoms with Crippen LogP contribution in [0.15, 0.2) is 53.1 Å². The lowest BCUT2D eigenvalue weighted by Crippen LogP contribution is -2.45. The average Bonchev–Trinajstić information content (AvgIpc) is 3.58. The molecular formula is C30H37BrFN5O5Si. The zero-order valence-electron chi connectivity index (χ0n) is 24.6. The summed E-state index contributed by atoms with van der Waals surface area (Å²) in [6.07, 6.45) is 0.984. The first-order chi connectivity index (χ1) is 20.3. The van der Waals surface area contributed by atoms with E-state index < -0.39 is 43.6 Å². The molecule has 2 aliphatic heterocycles. The van der Waals surface area contributed by atoms with E-state index in [1.807, 2.05) is 37.3 Å². The minimum atomic E-state index is -3.32. The largest absolute Gasteiger partial charge is 0.396 e. The minimum absolute atomic E-state index is 0.0224. The summed E-state index contributed by atoms with van der Waals surface area (Å²) < 4.78 is 25.3. The van der Waals surface area contributed by atoms with Gasteiger partial charge in [-0.2, -0.15) is 0 Å². The molecule has 1 saturated heterocycles. The molecule has 1 fully saturated rings. The van der Waals surface area contributed by atoms with Gasteiger partial charge in [0.15, 0.2) is 5.60 Å². The van der Waals surface area contributed by atoms with Crippen molar-refractivity contribution in [2.75, 3.05) is 16.8 Å². The predicted octanol–water partition coefficient (Wildman–Crippen LogP) is 4.31. The van der Waals surface area contributed by atoms with Gasteiger partial charge in [-0.1, -0.05) is 40.2 Å². The highest BCUT2D eigenvalue weighted by Crippen LogP contribution is 2.60. The number of nitrogens with one attached hydrogen (secondary N) is 1. The fourth-order valence-electron chi connectivity index (χ4n) is 6.51. The smallest absolute Gasteiger partial charge is 0.264 e. The molecule has 2 amide bonds. The Morgan fingerprint density at radius 2 is 1.98 bits per heavy atom.